The average Bonchev–Trinajstić information content (AvgIpc) is 3.85. The van der Waals surface area contributed by atoms with Crippen LogP contribution in [0.4, 0.5) is 0 Å². The number of esters is 2. The Balaban J connectivity index is 0.000000641. The van der Waals surface area contributed by atoms with Crippen molar-refractivity contribution in [2.45, 2.75) is 91.4 Å². The summed E-state index contributed by atoms with van der Waals surface area (Å²) < 4.78 is 43.7. The van der Waals surface area contributed by atoms with Gasteiger partial charge in [-0.15, -0.1) is 0 Å². The number of carbonyl (C=O) groups excluding carboxylic acids is 4. The third kappa shape index (κ3) is 21.0. The van der Waals surface area contributed by atoms with Crippen molar-refractivity contribution in [3.63, 3.8) is 0 Å². The molecule has 0 aliphatic carbocycles. The molecule has 24 heteroatoms. The number of carbonyl (C=O) groups is 4. The predicted molar refractivity (Wildman–Crippen MR) is 235 cm³/mol. The summed E-state index contributed by atoms with van der Waals surface area (Å²) in [4.78, 5) is 81.6. The van der Waals surface area contributed by atoms with E-state index in [2.05, 4.69) is 39.8 Å². The van der Waals surface area contributed by atoms with Gasteiger partial charge in [-0.3, -0.25) is 18.7 Å². The van der Waals surface area contributed by atoms with Crippen LogP contribution in [0.2, 0.25) is 0 Å². The number of para-hydroxylation sites is 2. The fraction of sp³-hybridized carbons (Fsp3) is 0.524. The zero-order valence-electron chi connectivity index (χ0n) is 39.0. The average molecular weight is 983 g/mol. The van der Waals surface area contributed by atoms with Crippen LogP contribution in [0.5, 0.6) is 0 Å². The van der Waals surface area contributed by atoms with Crippen molar-refractivity contribution < 1.29 is 126 Å². The molecule has 4 rings (SSSR count). The Morgan fingerprint density at radius 3 is 1.29 bits per heavy atom. The van der Waals surface area contributed by atoms with Gasteiger partial charge in [0.05, 0.1) is 51.7 Å². The second-order valence-corrected chi connectivity index (χ2v) is 18.5. The minimum atomic E-state index is -4.59. The van der Waals surface area contributed by atoms with Gasteiger partial charge in [0, 0.05) is 47.0 Å². The molecule has 20 nitrogen and oxygen atoms in total. The molecule has 356 valence electrons. The smallest absolute Gasteiger partial charge is 0.766 e. The molecule has 66 heavy (non-hydrogen) atoms. The van der Waals surface area contributed by atoms with E-state index in [0.29, 0.717) is 0 Å². The molecule has 0 spiro atoms. The predicted octanol–water partition coefficient (Wildman–Crippen LogP) is -3.51. The molecule has 2 heterocycles. The summed E-state index contributed by atoms with van der Waals surface area (Å²) in [6.07, 6.45) is 4.23. The van der Waals surface area contributed by atoms with E-state index in [-0.39, 0.29) is 110 Å². The molecule has 2 aromatic carbocycles. The van der Waals surface area contributed by atoms with Gasteiger partial charge in [0.25, 0.3) is 0 Å². The fourth-order valence-electron chi connectivity index (χ4n) is 6.62. The number of aromatic nitrogens is 2. The quantitative estimate of drug-likeness (QED) is 0.0172. The van der Waals surface area contributed by atoms with Crippen LogP contribution in [0.15, 0.2) is 60.9 Å². The number of fused-ring (bicyclic) bond motifs is 2. The Morgan fingerprint density at radius 2 is 0.970 bits per heavy atom. The number of amides is 2. The molecular formula is C42H62N6Na2O14P2. The van der Waals surface area contributed by atoms with Gasteiger partial charge < -0.3 is 59.1 Å². The number of nitrogens with one attached hydrogen (secondary N) is 6. The normalized spacial score (nSPS) is 14.8. The topological polar surface area (TPSA) is 306 Å². The van der Waals surface area contributed by atoms with Gasteiger partial charge in [-0.2, -0.15) is 0 Å². The molecule has 2 unspecified atom stereocenters. The van der Waals surface area contributed by atoms with Gasteiger partial charge in [0.15, 0.2) is 0 Å². The zero-order chi connectivity index (χ0) is 47.5. The minimum Gasteiger partial charge on any atom is -0.766 e. The number of rotatable bonds is 26. The second-order valence-electron chi connectivity index (χ2n) is 15.5. The molecule has 0 saturated heterocycles. The molecule has 6 atom stereocenters. The molecule has 0 aliphatic heterocycles. The molecular weight excluding hydrogens is 920 g/mol. The molecule has 0 aliphatic rings. The van der Waals surface area contributed by atoms with Crippen LogP contribution in [0.1, 0.15) is 65.5 Å². The number of hydrogen-bond donors (Lipinski definition) is 8. The van der Waals surface area contributed by atoms with Crippen molar-refractivity contribution >= 4 is 61.1 Å². The number of aliphatic hydroxyl groups excluding tert-OH is 2. The summed E-state index contributed by atoms with van der Waals surface area (Å²) in [6, 6.07) is 10.8. The van der Waals surface area contributed by atoms with Crippen LogP contribution in [0, 0.1) is 11.8 Å². The molecule has 8 N–H and O–H groups in total. The van der Waals surface area contributed by atoms with Gasteiger partial charge in [-0.05, 0) is 61.8 Å². The van der Waals surface area contributed by atoms with E-state index in [1.54, 1.807) is 26.2 Å². The van der Waals surface area contributed by atoms with Crippen molar-refractivity contribution in [1.29, 1.82) is 0 Å². The van der Waals surface area contributed by atoms with Crippen molar-refractivity contribution in [1.82, 2.24) is 30.8 Å². The Morgan fingerprint density at radius 1 is 0.621 bits per heavy atom. The first kappa shape index (κ1) is 61.6. The van der Waals surface area contributed by atoms with E-state index in [0.717, 1.165) is 32.9 Å². The number of hydrogen-bond acceptors (Lipinski definition) is 14. The summed E-state index contributed by atoms with van der Waals surface area (Å²) in [5.74, 6) is -2.61. The number of benzene rings is 2. The van der Waals surface area contributed by atoms with Gasteiger partial charge in [0.2, 0.25) is 27.3 Å². The van der Waals surface area contributed by atoms with E-state index >= 15 is 0 Å². The maximum atomic E-state index is 13.0. The van der Waals surface area contributed by atoms with Gasteiger partial charge in [0.1, 0.15) is 12.1 Å². The number of aromatic amines is 2. The summed E-state index contributed by atoms with van der Waals surface area (Å²) in [7, 11) is -9.17. The molecule has 2 aromatic heterocycles. The van der Waals surface area contributed by atoms with E-state index in [9.17, 15) is 38.1 Å². The Hall–Kier alpha value is -2.46. The first-order valence-corrected chi connectivity index (χ1v) is 24.1. The molecule has 0 fully saturated rings. The second kappa shape index (κ2) is 30.9. The van der Waals surface area contributed by atoms with Gasteiger partial charge in [-0.25, -0.2) is 19.8 Å². The third-order valence-electron chi connectivity index (χ3n) is 9.35. The van der Waals surface area contributed by atoms with Gasteiger partial charge >= 0.3 is 71.1 Å². The van der Waals surface area contributed by atoms with Crippen LogP contribution < -0.4 is 89.7 Å². The van der Waals surface area contributed by atoms with Crippen LogP contribution in [0.3, 0.4) is 0 Å². The Bertz CT molecular complexity index is 2060. The summed E-state index contributed by atoms with van der Waals surface area (Å²) in [5.41, 5.74) is 3.41. The molecule has 2 amide bonds. The number of aliphatic hydroxyl groups is 2. The minimum absolute atomic E-state index is 0. The van der Waals surface area contributed by atoms with Crippen molar-refractivity contribution in [2.24, 2.45) is 11.8 Å². The first-order chi connectivity index (χ1) is 30.3. The van der Waals surface area contributed by atoms with E-state index in [1.165, 1.54) is 0 Å². The van der Waals surface area contributed by atoms with Crippen LogP contribution in [0.25, 0.3) is 21.8 Å². The first-order valence-electron chi connectivity index (χ1n) is 21.1. The van der Waals surface area contributed by atoms with Crippen LogP contribution >= 0.6 is 15.5 Å². The number of H-pyrrole nitrogens is 2. The standard InChI is InChI=1S/2C21H32N3O7P.2Na/c2*1-4-30-21(27)19(12-15-13-22-17-8-6-5-7-16(15)17)23-20(26)18(11-14(2)3)24-32(28,29)31-10-9-25;;/h2*5-8,13-14,18-19,22,25H,4,9-12H2,1-3H3,(H,23,26)(H2,24,28,29);;/q;;2*+1/p-2/t2*18-,19-;;/m00../s1. The largest absolute Gasteiger partial charge is 1.00 e. The SMILES string of the molecule is CCOC(=O)[C@H](Cc1c[nH]c2ccccc12)NC(=O)[C@H](CC(C)C)NP(=O)([O-])OCCO.CCOC(=O)[C@H](Cc1c[nH]c2ccccc12)NC(=O)[C@H](CC(C)C)NP(=O)([O-])OCCO.[Na+].[Na+]. The molecule has 0 bridgehead atoms. The van der Waals surface area contributed by atoms with Crippen LogP contribution in [-0.4, -0.2) is 108 Å². The van der Waals surface area contributed by atoms with E-state index in [4.69, 9.17) is 19.7 Å². The van der Waals surface area contributed by atoms with Gasteiger partial charge in [-0.1, -0.05) is 64.1 Å². The Labute approximate surface area is 429 Å². The maximum Gasteiger partial charge on any atom is 1.00 e. The van der Waals surface area contributed by atoms with E-state index < -0.39 is 89.8 Å². The zero-order valence-corrected chi connectivity index (χ0v) is 44.8. The summed E-state index contributed by atoms with van der Waals surface area (Å²) in [5, 5.41) is 29.1. The molecule has 0 radical (unpaired) electrons. The van der Waals surface area contributed by atoms with Crippen molar-refractivity contribution in [3.8, 4) is 0 Å². The fourth-order valence-corrected chi connectivity index (χ4v) is 8.62. The summed E-state index contributed by atoms with van der Waals surface area (Å²) in [6.45, 7) is 9.13. The van der Waals surface area contributed by atoms with Crippen molar-refractivity contribution in [3.05, 3.63) is 72.1 Å². The Kier molecular flexibility index (Phi) is 28.8. The third-order valence-corrected chi connectivity index (χ3v) is 11.7. The maximum absolute atomic E-state index is 13.0. The molecule has 0 saturated carbocycles. The van der Waals surface area contributed by atoms with Crippen molar-refractivity contribution in [2.75, 3.05) is 39.6 Å². The number of ether oxygens (including phenoxy) is 2. The monoisotopic (exact) mass is 982 g/mol. The van der Waals surface area contributed by atoms with E-state index in [1.807, 2.05) is 76.2 Å². The van der Waals surface area contributed by atoms with Crippen LogP contribution in [-0.2, 0) is 59.7 Å². The molecule has 4 aromatic rings. The summed E-state index contributed by atoms with van der Waals surface area (Å²) >= 11 is 0.